The summed E-state index contributed by atoms with van der Waals surface area (Å²) < 4.78 is 24.5. The predicted molar refractivity (Wildman–Crippen MR) is 162 cm³/mol. The van der Waals surface area contributed by atoms with Crippen molar-refractivity contribution < 1.29 is 9.13 Å². The van der Waals surface area contributed by atoms with Crippen molar-refractivity contribution >= 4 is 27.9 Å². The number of aryl methyl sites for hydroxylation is 1. The number of hydrogen-bond acceptors (Lipinski definition) is 4. The van der Waals surface area contributed by atoms with Crippen LogP contribution >= 0.6 is 0 Å². The molecule has 1 aliphatic rings. The fourth-order valence-electron chi connectivity index (χ4n) is 6.01. The number of imidazole rings is 1. The minimum atomic E-state index is -0.278. The summed E-state index contributed by atoms with van der Waals surface area (Å²) in [5, 5.41) is 5.68. The summed E-state index contributed by atoms with van der Waals surface area (Å²) in [7, 11) is 0. The van der Waals surface area contributed by atoms with Crippen LogP contribution in [0.1, 0.15) is 37.1 Å². The Kier molecular flexibility index (Phi) is 6.42. The number of rotatable bonds is 6. The molecular formula is C34H32FN5O. The van der Waals surface area contributed by atoms with E-state index in [4.69, 9.17) is 9.72 Å². The molecule has 7 rings (SSSR count). The lowest BCUT2D eigenvalue weighted by atomic mass is 10.1. The van der Waals surface area contributed by atoms with E-state index in [1.807, 2.05) is 25.1 Å². The number of ether oxygens (including phenoxy) is 1. The maximum absolute atomic E-state index is 13.8. The van der Waals surface area contributed by atoms with Crippen LogP contribution in [0.5, 0.6) is 5.75 Å². The number of anilines is 1. The number of nitrogens with zero attached hydrogens (tertiary/aromatic N) is 5. The van der Waals surface area contributed by atoms with Crippen molar-refractivity contribution in [2.24, 2.45) is 0 Å². The van der Waals surface area contributed by atoms with E-state index in [1.165, 1.54) is 17.7 Å². The number of fused-ring (bicyclic) bond motifs is 2. The van der Waals surface area contributed by atoms with Crippen LogP contribution in [0.4, 0.5) is 10.3 Å². The molecule has 0 N–H and O–H groups in total. The van der Waals surface area contributed by atoms with Gasteiger partial charge in [-0.25, -0.2) is 14.1 Å². The van der Waals surface area contributed by atoms with Crippen LogP contribution in [-0.2, 0) is 0 Å². The van der Waals surface area contributed by atoms with E-state index in [1.54, 1.807) is 10.7 Å². The molecule has 0 amide bonds. The summed E-state index contributed by atoms with van der Waals surface area (Å²) in [6.07, 6.45) is 1.93. The summed E-state index contributed by atoms with van der Waals surface area (Å²) in [6, 6.07) is 31.7. The molecule has 1 aliphatic heterocycles. The first kappa shape index (κ1) is 25.3. The van der Waals surface area contributed by atoms with Gasteiger partial charge in [-0.1, -0.05) is 48.5 Å². The van der Waals surface area contributed by atoms with Gasteiger partial charge in [0.25, 0.3) is 0 Å². The van der Waals surface area contributed by atoms with Crippen molar-refractivity contribution in [3.8, 4) is 11.4 Å². The first-order valence-corrected chi connectivity index (χ1v) is 14.2. The average molecular weight is 546 g/mol. The van der Waals surface area contributed by atoms with E-state index in [-0.39, 0.29) is 18.0 Å². The van der Waals surface area contributed by atoms with Crippen molar-refractivity contribution in [1.29, 1.82) is 0 Å². The van der Waals surface area contributed by atoms with Crippen LogP contribution in [-0.4, -0.2) is 38.5 Å². The Morgan fingerprint density at radius 3 is 2.44 bits per heavy atom. The minimum Gasteiger partial charge on any atom is -0.490 e. The monoisotopic (exact) mass is 545 g/mol. The molecule has 1 unspecified atom stereocenters. The van der Waals surface area contributed by atoms with E-state index >= 15 is 0 Å². The molecule has 0 radical (unpaired) electrons. The predicted octanol–water partition coefficient (Wildman–Crippen LogP) is 7.48. The van der Waals surface area contributed by atoms with Crippen LogP contribution in [0.15, 0.2) is 97.1 Å². The Morgan fingerprint density at radius 2 is 1.63 bits per heavy atom. The lowest BCUT2D eigenvalue weighted by Gasteiger charge is -2.34. The molecule has 1 fully saturated rings. The molecule has 206 valence electrons. The van der Waals surface area contributed by atoms with E-state index in [0.717, 1.165) is 65.3 Å². The highest BCUT2D eigenvalue weighted by Crippen LogP contribution is 2.33. The van der Waals surface area contributed by atoms with Crippen LogP contribution in [0.3, 0.4) is 0 Å². The molecule has 4 aromatic carbocycles. The second kappa shape index (κ2) is 10.4. The number of halogens is 1. The number of aromatic nitrogens is 4. The second-order valence-electron chi connectivity index (χ2n) is 10.8. The van der Waals surface area contributed by atoms with Crippen LogP contribution in [0.2, 0.25) is 0 Å². The van der Waals surface area contributed by atoms with Gasteiger partial charge in [0.05, 0.1) is 34.0 Å². The zero-order valence-corrected chi connectivity index (χ0v) is 23.2. The highest BCUT2D eigenvalue weighted by atomic mass is 19.1. The van der Waals surface area contributed by atoms with Crippen molar-refractivity contribution in [2.45, 2.75) is 38.8 Å². The van der Waals surface area contributed by atoms with Crippen molar-refractivity contribution in [3.05, 3.63) is 114 Å². The van der Waals surface area contributed by atoms with Crippen LogP contribution < -0.4 is 9.64 Å². The van der Waals surface area contributed by atoms with E-state index in [0.29, 0.717) is 5.69 Å². The molecule has 6 aromatic rings. The van der Waals surface area contributed by atoms with Gasteiger partial charge in [0, 0.05) is 31.3 Å². The van der Waals surface area contributed by atoms with Gasteiger partial charge in [-0.05, 0) is 67.9 Å². The molecule has 1 saturated heterocycles. The second-order valence-corrected chi connectivity index (χ2v) is 10.8. The first-order chi connectivity index (χ1) is 20.0. The Labute approximate surface area is 238 Å². The average Bonchev–Trinajstić information content (AvgIpc) is 3.55. The molecule has 0 spiro atoms. The van der Waals surface area contributed by atoms with Gasteiger partial charge in [0.2, 0.25) is 5.95 Å². The van der Waals surface area contributed by atoms with E-state index in [9.17, 15) is 4.39 Å². The van der Waals surface area contributed by atoms with Gasteiger partial charge >= 0.3 is 0 Å². The first-order valence-electron chi connectivity index (χ1n) is 14.2. The zero-order chi connectivity index (χ0) is 27.9. The Balaban J connectivity index is 1.10. The number of benzene rings is 4. The van der Waals surface area contributed by atoms with Crippen molar-refractivity contribution in [2.75, 3.05) is 18.0 Å². The molecular weight excluding hydrogens is 513 g/mol. The lowest BCUT2D eigenvalue weighted by Crippen LogP contribution is -2.39. The molecule has 41 heavy (non-hydrogen) atoms. The lowest BCUT2D eigenvalue weighted by molar-refractivity contribution is 0.170. The fourth-order valence-corrected chi connectivity index (χ4v) is 6.01. The Bertz CT molecular complexity index is 1840. The quantitative estimate of drug-likeness (QED) is 0.218. The molecule has 2 aromatic heterocycles. The molecule has 3 heterocycles. The molecule has 7 heteroatoms. The van der Waals surface area contributed by atoms with Gasteiger partial charge < -0.3 is 14.2 Å². The smallest absolute Gasteiger partial charge is 0.207 e. The SMILES string of the molecule is Cc1nn(-c2cccc(F)c2)c2ccc(OC3CCN(c4nc5ccccc5n4C(C)c4ccccc4)CC3)cc12. The van der Waals surface area contributed by atoms with Crippen LogP contribution in [0.25, 0.3) is 27.6 Å². The van der Waals surface area contributed by atoms with Gasteiger partial charge in [0.1, 0.15) is 17.7 Å². The number of piperidine rings is 1. The fraction of sp³-hybridized carbons (Fsp3) is 0.235. The summed E-state index contributed by atoms with van der Waals surface area (Å²) >= 11 is 0. The van der Waals surface area contributed by atoms with E-state index in [2.05, 4.69) is 82.2 Å². The largest absolute Gasteiger partial charge is 0.490 e. The highest BCUT2D eigenvalue weighted by Gasteiger charge is 2.27. The maximum atomic E-state index is 13.8. The molecule has 1 atom stereocenters. The van der Waals surface area contributed by atoms with Crippen molar-refractivity contribution in [3.63, 3.8) is 0 Å². The van der Waals surface area contributed by atoms with E-state index < -0.39 is 0 Å². The van der Waals surface area contributed by atoms with Gasteiger partial charge in [0.15, 0.2) is 0 Å². The summed E-state index contributed by atoms with van der Waals surface area (Å²) in [4.78, 5) is 7.48. The zero-order valence-electron chi connectivity index (χ0n) is 23.2. The molecule has 0 aliphatic carbocycles. The normalized spacial score (nSPS) is 15.0. The minimum absolute atomic E-state index is 0.117. The summed E-state index contributed by atoms with van der Waals surface area (Å²) in [6.45, 7) is 5.96. The van der Waals surface area contributed by atoms with Gasteiger partial charge in [-0.2, -0.15) is 5.10 Å². The third-order valence-electron chi connectivity index (χ3n) is 8.16. The Hall–Kier alpha value is -4.65. The third kappa shape index (κ3) is 4.71. The van der Waals surface area contributed by atoms with Crippen LogP contribution in [0, 0.1) is 12.7 Å². The van der Waals surface area contributed by atoms with Gasteiger partial charge in [-0.15, -0.1) is 0 Å². The Morgan fingerprint density at radius 1 is 0.854 bits per heavy atom. The third-order valence-corrected chi connectivity index (χ3v) is 8.16. The summed E-state index contributed by atoms with van der Waals surface area (Å²) in [5.74, 6) is 1.57. The maximum Gasteiger partial charge on any atom is 0.207 e. The molecule has 0 bridgehead atoms. The molecule has 0 saturated carbocycles. The highest BCUT2D eigenvalue weighted by molar-refractivity contribution is 5.85. The van der Waals surface area contributed by atoms with Gasteiger partial charge in [-0.3, -0.25) is 0 Å². The number of hydrogen-bond donors (Lipinski definition) is 0. The molecule has 6 nitrogen and oxygen atoms in total. The summed E-state index contributed by atoms with van der Waals surface area (Å²) in [5.41, 5.74) is 5.96. The number of para-hydroxylation sites is 2. The topological polar surface area (TPSA) is 48.1 Å². The standard InChI is InChI=1S/C34H32FN5O/c1-23-30-22-29(15-16-32(30)40(37-23)27-12-8-11-26(35)21-27)41-28-17-19-38(20-18-28)34-36-31-13-6-7-14-33(31)39(34)24(2)25-9-4-3-5-10-25/h3-16,21-22,24,28H,17-20H2,1-2H3. The van der Waals surface area contributed by atoms with Crippen molar-refractivity contribution in [1.82, 2.24) is 19.3 Å².